The van der Waals surface area contributed by atoms with Crippen molar-refractivity contribution in [2.75, 3.05) is 7.11 Å². The minimum atomic E-state index is -0.870. The third-order valence-corrected chi connectivity index (χ3v) is 6.62. The zero-order chi connectivity index (χ0) is 25.2. The average molecular weight is 498 g/mol. The van der Waals surface area contributed by atoms with Gasteiger partial charge in [0.2, 0.25) is 5.88 Å². The fourth-order valence-electron chi connectivity index (χ4n) is 4.81. The first-order chi connectivity index (χ1) is 16.7. The lowest BCUT2D eigenvalue weighted by Gasteiger charge is -2.42. The van der Waals surface area contributed by atoms with E-state index in [0.717, 1.165) is 42.6 Å². The Bertz CT molecular complexity index is 1160. The van der Waals surface area contributed by atoms with Gasteiger partial charge in [0.15, 0.2) is 0 Å². The van der Waals surface area contributed by atoms with E-state index in [1.807, 2.05) is 80.1 Å². The summed E-state index contributed by atoms with van der Waals surface area (Å²) in [6.45, 7) is 5.81. The Morgan fingerprint density at radius 3 is 2.34 bits per heavy atom. The Balaban J connectivity index is 1.57. The number of nitrogens with zero attached hydrogens (tertiary/aromatic N) is 3. The largest absolute Gasteiger partial charge is 0.494 e. The maximum atomic E-state index is 11.9. The van der Waals surface area contributed by atoms with Crippen LogP contribution in [0.3, 0.4) is 0 Å². The van der Waals surface area contributed by atoms with Crippen molar-refractivity contribution in [2.24, 2.45) is 0 Å². The molecule has 7 nitrogen and oxygen atoms in total. The topological polar surface area (TPSA) is 76.8 Å². The minimum Gasteiger partial charge on any atom is -0.494 e. The standard InChI is InChI=1S/C27H32ClN3O4/c1-27(2,3)30(26(32)33)20-13-15-21(16-14-20)35-25-17-23(18-9-11-19(28)12-10-18)31(29-25)22-7-5-6-8-24(22)34-4/h5-12,17,20-21H,13-16H2,1-4H3,(H,32,33). The second kappa shape index (κ2) is 10.2. The summed E-state index contributed by atoms with van der Waals surface area (Å²) in [6.07, 6.45) is 2.15. The highest BCUT2D eigenvalue weighted by molar-refractivity contribution is 6.30. The summed E-state index contributed by atoms with van der Waals surface area (Å²) < 4.78 is 13.7. The number of hydrogen-bond donors (Lipinski definition) is 1. The number of carbonyl (C=O) groups is 1. The van der Waals surface area contributed by atoms with Crippen LogP contribution in [0.2, 0.25) is 5.02 Å². The van der Waals surface area contributed by atoms with E-state index >= 15 is 0 Å². The number of carboxylic acid groups (broad SMARTS) is 1. The molecule has 1 aliphatic carbocycles. The van der Waals surface area contributed by atoms with E-state index in [9.17, 15) is 9.90 Å². The van der Waals surface area contributed by atoms with Gasteiger partial charge in [-0.25, -0.2) is 9.48 Å². The number of ether oxygens (including phenoxy) is 2. The van der Waals surface area contributed by atoms with Gasteiger partial charge in [-0.05, 0) is 70.7 Å². The van der Waals surface area contributed by atoms with Crippen LogP contribution in [0, 0.1) is 0 Å². The molecule has 1 fully saturated rings. The predicted octanol–water partition coefficient (Wildman–Crippen LogP) is 6.67. The molecule has 0 bridgehead atoms. The van der Waals surface area contributed by atoms with E-state index in [1.54, 1.807) is 12.0 Å². The molecular weight excluding hydrogens is 466 g/mol. The van der Waals surface area contributed by atoms with Gasteiger partial charge in [-0.3, -0.25) is 0 Å². The van der Waals surface area contributed by atoms with E-state index in [-0.39, 0.29) is 12.1 Å². The quantitative estimate of drug-likeness (QED) is 0.411. The molecule has 186 valence electrons. The van der Waals surface area contributed by atoms with Crippen molar-refractivity contribution >= 4 is 17.7 Å². The monoisotopic (exact) mass is 497 g/mol. The molecule has 1 heterocycles. The van der Waals surface area contributed by atoms with Crippen LogP contribution < -0.4 is 9.47 Å². The average Bonchev–Trinajstić information content (AvgIpc) is 3.23. The molecular formula is C27H32ClN3O4. The van der Waals surface area contributed by atoms with E-state index in [0.29, 0.717) is 16.7 Å². The van der Waals surface area contributed by atoms with Gasteiger partial charge in [0.25, 0.3) is 0 Å². The Kier molecular flexibility index (Phi) is 7.26. The summed E-state index contributed by atoms with van der Waals surface area (Å²) in [4.78, 5) is 13.4. The highest BCUT2D eigenvalue weighted by Crippen LogP contribution is 2.34. The number of amides is 1. The van der Waals surface area contributed by atoms with Crippen molar-refractivity contribution in [3.8, 4) is 28.6 Å². The number of para-hydroxylation sites is 2. The second-order valence-corrected chi connectivity index (χ2v) is 10.3. The van der Waals surface area contributed by atoms with Gasteiger partial charge >= 0.3 is 6.09 Å². The molecule has 0 unspecified atom stereocenters. The Labute approximate surface area is 211 Å². The van der Waals surface area contributed by atoms with Crippen molar-refractivity contribution in [1.82, 2.24) is 14.7 Å². The van der Waals surface area contributed by atoms with Gasteiger partial charge < -0.3 is 19.5 Å². The molecule has 2 aromatic carbocycles. The summed E-state index contributed by atoms with van der Waals surface area (Å²) in [5.41, 5.74) is 2.18. The van der Waals surface area contributed by atoms with Gasteiger partial charge in [-0.15, -0.1) is 5.10 Å². The Morgan fingerprint density at radius 2 is 1.74 bits per heavy atom. The van der Waals surface area contributed by atoms with Crippen LogP contribution in [-0.4, -0.2) is 50.7 Å². The van der Waals surface area contributed by atoms with Crippen LogP contribution in [0.15, 0.2) is 54.6 Å². The highest BCUT2D eigenvalue weighted by atomic mass is 35.5. The second-order valence-electron chi connectivity index (χ2n) is 9.83. The Hall–Kier alpha value is -3.19. The van der Waals surface area contributed by atoms with Gasteiger partial charge in [-0.1, -0.05) is 35.9 Å². The first-order valence-electron chi connectivity index (χ1n) is 11.9. The molecule has 8 heteroatoms. The number of benzene rings is 2. The SMILES string of the molecule is COc1ccccc1-n1nc(OC2CCC(N(C(=O)O)C(C)(C)C)CC2)cc1-c1ccc(Cl)cc1. The van der Waals surface area contributed by atoms with E-state index in [4.69, 9.17) is 26.2 Å². The van der Waals surface area contributed by atoms with Gasteiger partial charge in [0.1, 0.15) is 17.5 Å². The molecule has 3 aromatic rings. The predicted molar refractivity (Wildman–Crippen MR) is 137 cm³/mol. The van der Waals surface area contributed by atoms with Gasteiger partial charge in [-0.2, -0.15) is 0 Å². The van der Waals surface area contributed by atoms with Crippen LogP contribution in [-0.2, 0) is 0 Å². The molecule has 1 aromatic heterocycles. The summed E-state index contributed by atoms with van der Waals surface area (Å²) >= 11 is 6.11. The summed E-state index contributed by atoms with van der Waals surface area (Å²) in [5.74, 6) is 1.23. The maximum absolute atomic E-state index is 11.9. The van der Waals surface area contributed by atoms with Crippen LogP contribution >= 0.6 is 11.6 Å². The van der Waals surface area contributed by atoms with Crippen molar-refractivity contribution < 1.29 is 19.4 Å². The van der Waals surface area contributed by atoms with Gasteiger partial charge in [0.05, 0.1) is 12.8 Å². The summed E-state index contributed by atoms with van der Waals surface area (Å²) in [7, 11) is 1.64. The summed E-state index contributed by atoms with van der Waals surface area (Å²) in [5, 5.41) is 15.2. The molecule has 1 aliphatic rings. The van der Waals surface area contributed by atoms with Crippen LogP contribution in [0.4, 0.5) is 4.79 Å². The molecule has 4 rings (SSSR count). The van der Waals surface area contributed by atoms with Crippen molar-refractivity contribution in [2.45, 2.75) is 64.1 Å². The van der Waals surface area contributed by atoms with E-state index in [1.165, 1.54) is 0 Å². The van der Waals surface area contributed by atoms with Crippen LogP contribution in [0.1, 0.15) is 46.5 Å². The fourth-order valence-corrected chi connectivity index (χ4v) is 4.94. The fraction of sp³-hybridized carbons (Fsp3) is 0.407. The van der Waals surface area contributed by atoms with Crippen molar-refractivity contribution in [1.29, 1.82) is 0 Å². The molecule has 0 aliphatic heterocycles. The number of halogens is 1. The van der Waals surface area contributed by atoms with E-state index in [2.05, 4.69) is 0 Å². The minimum absolute atomic E-state index is 0.0110. The van der Waals surface area contributed by atoms with Crippen LogP contribution in [0.25, 0.3) is 16.9 Å². The van der Waals surface area contributed by atoms with Crippen LogP contribution in [0.5, 0.6) is 11.6 Å². The van der Waals surface area contributed by atoms with Crippen molar-refractivity contribution in [3.63, 3.8) is 0 Å². The van der Waals surface area contributed by atoms with E-state index < -0.39 is 11.6 Å². The molecule has 0 atom stereocenters. The molecule has 1 N–H and O–H groups in total. The lowest BCUT2D eigenvalue weighted by molar-refractivity contribution is 0.0358. The molecule has 0 saturated heterocycles. The van der Waals surface area contributed by atoms with Crippen molar-refractivity contribution in [3.05, 3.63) is 59.6 Å². The first kappa shape index (κ1) is 24.9. The molecule has 35 heavy (non-hydrogen) atoms. The smallest absolute Gasteiger partial charge is 0.407 e. The third kappa shape index (κ3) is 5.56. The number of rotatable bonds is 6. The lowest BCUT2D eigenvalue weighted by Crippen LogP contribution is -2.52. The molecule has 1 saturated carbocycles. The maximum Gasteiger partial charge on any atom is 0.407 e. The normalized spacial score (nSPS) is 18.2. The van der Waals surface area contributed by atoms with Gasteiger partial charge in [0, 0.05) is 28.2 Å². The molecule has 1 amide bonds. The lowest BCUT2D eigenvalue weighted by atomic mass is 9.89. The summed E-state index contributed by atoms with van der Waals surface area (Å²) in [6, 6.07) is 17.2. The highest BCUT2D eigenvalue weighted by Gasteiger charge is 2.36. The number of aromatic nitrogens is 2. The zero-order valence-electron chi connectivity index (χ0n) is 20.6. The molecule has 0 radical (unpaired) electrons. The first-order valence-corrected chi connectivity index (χ1v) is 12.2. The third-order valence-electron chi connectivity index (χ3n) is 6.37. The zero-order valence-corrected chi connectivity index (χ0v) is 21.3. The number of hydrogen-bond acceptors (Lipinski definition) is 4. The molecule has 0 spiro atoms. The number of methoxy groups -OCH3 is 1. The Morgan fingerprint density at radius 1 is 1.09 bits per heavy atom.